The monoisotopic (exact) mass is 371 g/mol. The first-order valence-electron chi connectivity index (χ1n) is 10.8. The summed E-state index contributed by atoms with van der Waals surface area (Å²) in [6.45, 7) is 7.09. The average molecular weight is 372 g/mol. The predicted octanol–water partition coefficient (Wildman–Crippen LogP) is 5.76. The summed E-state index contributed by atoms with van der Waals surface area (Å²) >= 11 is 0. The van der Waals surface area contributed by atoms with E-state index in [0.717, 1.165) is 44.9 Å². The van der Waals surface area contributed by atoms with Crippen molar-refractivity contribution in [2.75, 3.05) is 13.2 Å². The molecule has 0 aliphatic rings. The van der Waals surface area contributed by atoms with Crippen molar-refractivity contribution in [3.63, 3.8) is 0 Å². The van der Waals surface area contributed by atoms with Gasteiger partial charge >= 0.3 is 12.1 Å². The number of amides is 1. The van der Waals surface area contributed by atoms with Crippen molar-refractivity contribution in [1.82, 2.24) is 5.32 Å². The van der Waals surface area contributed by atoms with Crippen LogP contribution in [-0.2, 0) is 14.3 Å². The second kappa shape index (κ2) is 18.5. The Morgan fingerprint density at radius 1 is 0.692 bits per heavy atom. The van der Waals surface area contributed by atoms with E-state index in [9.17, 15) is 9.59 Å². The van der Waals surface area contributed by atoms with Crippen LogP contribution < -0.4 is 5.32 Å². The third kappa shape index (κ3) is 15.0. The maximum Gasteiger partial charge on any atom is 0.407 e. The van der Waals surface area contributed by atoms with Crippen LogP contribution in [0.4, 0.5) is 4.79 Å². The molecule has 0 saturated heterocycles. The molecule has 5 heteroatoms. The molecule has 0 aromatic rings. The Bertz CT molecular complexity index is 347. The molecule has 0 aliphatic heterocycles. The van der Waals surface area contributed by atoms with Crippen molar-refractivity contribution in [2.45, 2.75) is 110 Å². The Hall–Kier alpha value is -1.26. The first-order valence-corrected chi connectivity index (χ1v) is 10.8. The van der Waals surface area contributed by atoms with E-state index < -0.39 is 12.1 Å². The minimum Gasteiger partial charge on any atom is -0.464 e. The standard InChI is InChI=1S/C21H41NO4/c1-4-7-9-11-12-13-15-18-25-20(23)19(16-14-10-8-5-2)22-21(24)26-17-6-3/h19H,4-18H2,1-3H3,(H,22,24). The fourth-order valence-electron chi connectivity index (χ4n) is 2.74. The van der Waals surface area contributed by atoms with Gasteiger partial charge < -0.3 is 14.8 Å². The molecular formula is C21H41NO4. The lowest BCUT2D eigenvalue weighted by atomic mass is 10.1. The van der Waals surface area contributed by atoms with E-state index in [2.05, 4.69) is 19.2 Å². The molecule has 1 atom stereocenters. The summed E-state index contributed by atoms with van der Waals surface area (Å²) in [7, 11) is 0. The Balaban J connectivity index is 4.08. The van der Waals surface area contributed by atoms with E-state index in [1.165, 1.54) is 32.1 Å². The smallest absolute Gasteiger partial charge is 0.407 e. The molecule has 0 aromatic carbocycles. The Labute approximate surface area is 160 Å². The predicted molar refractivity (Wildman–Crippen MR) is 106 cm³/mol. The van der Waals surface area contributed by atoms with Crippen molar-refractivity contribution in [3.05, 3.63) is 0 Å². The van der Waals surface area contributed by atoms with Crippen molar-refractivity contribution in [1.29, 1.82) is 0 Å². The van der Waals surface area contributed by atoms with Gasteiger partial charge in [-0.05, 0) is 19.3 Å². The number of esters is 1. The second-order valence-electron chi connectivity index (χ2n) is 6.97. The summed E-state index contributed by atoms with van der Waals surface area (Å²) in [4.78, 5) is 24.1. The Morgan fingerprint density at radius 3 is 1.88 bits per heavy atom. The molecule has 0 spiro atoms. The molecule has 1 N–H and O–H groups in total. The van der Waals surface area contributed by atoms with Gasteiger partial charge in [-0.1, -0.05) is 85.0 Å². The summed E-state index contributed by atoms with van der Waals surface area (Å²) in [6, 6.07) is -0.597. The molecule has 0 saturated carbocycles. The number of hydrogen-bond donors (Lipinski definition) is 1. The molecule has 0 rings (SSSR count). The molecule has 154 valence electrons. The first-order chi connectivity index (χ1) is 12.7. The van der Waals surface area contributed by atoms with Gasteiger partial charge in [0.15, 0.2) is 0 Å². The average Bonchev–Trinajstić information content (AvgIpc) is 2.64. The number of carbonyl (C=O) groups is 2. The number of hydrogen-bond acceptors (Lipinski definition) is 4. The van der Waals surface area contributed by atoms with Gasteiger partial charge in [0, 0.05) is 0 Å². The van der Waals surface area contributed by atoms with Crippen LogP contribution in [0.1, 0.15) is 104 Å². The topological polar surface area (TPSA) is 64.6 Å². The third-order valence-electron chi connectivity index (χ3n) is 4.35. The molecule has 1 unspecified atom stereocenters. The van der Waals surface area contributed by atoms with Gasteiger partial charge in [0.05, 0.1) is 13.2 Å². The number of rotatable bonds is 17. The number of carbonyl (C=O) groups excluding carboxylic acids is 2. The van der Waals surface area contributed by atoms with E-state index in [0.29, 0.717) is 19.6 Å². The van der Waals surface area contributed by atoms with E-state index in [1.54, 1.807) is 0 Å². The zero-order valence-electron chi connectivity index (χ0n) is 17.3. The highest BCUT2D eigenvalue weighted by Crippen LogP contribution is 2.09. The van der Waals surface area contributed by atoms with Crippen molar-refractivity contribution in [2.24, 2.45) is 0 Å². The molecule has 0 fully saturated rings. The minimum absolute atomic E-state index is 0.332. The highest BCUT2D eigenvalue weighted by Gasteiger charge is 2.22. The summed E-state index contributed by atoms with van der Waals surface area (Å²) < 4.78 is 10.4. The van der Waals surface area contributed by atoms with Crippen molar-refractivity contribution in [3.8, 4) is 0 Å². The third-order valence-corrected chi connectivity index (χ3v) is 4.35. The second-order valence-corrected chi connectivity index (χ2v) is 6.97. The summed E-state index contributed by atoms with van der Waals surface area (Å²) in [5.41, 5.74) is 0. The fraction of sp³-hybridized carbons (Fsp3) is 0.905. The summed E-state index contributed by atoms with van der Waals surface area (Å²) in [6.07, 6.45) is 13.4. The summed E-state index contributed by atoms with van der Waals surface area (Å²) in [5, 5.41) is 2.67. The van der Waals surface area contributed by atoms with Crippen LogP contribution in [0.15, 0.2) is 0 Å². The van der Waals surface area contributed by atoms with Gasteiger partial charge in [0.2, 0.25) is 0 Å². The van der Waals surface area contributed by atoms with Gasteiger partial charge in [-0.15, -0.1) is 0 Å². The lowest BCUT2D eigenvalue weighted by Crippen LogP contribution is -2.42. The van der Waals surface area contributed by atoms with E-state index in [-0.39, 0.29) is 5.97 Å². The molecule has 0 bridgehead atoms. The molecule has 0 aromatic heterocycles. The summed E-state index contributed by atoms with van der Waals surface area (Å²) in [5.74, 6) is -0.332. The molecular weight excluding hydrogens is 330 g/mol. The van der Waals surface area contributed by atoms with Gasteiger partial charge in [-0.2, -0.15) is 0 Å². The van der Waals surface area contributed by atoms with Crippen LogP contribution in [0.5, 0.6) is 0 Å². The molecule has 26 heavy (non-hydrogen) atoms. The van der Waals surface area contributed by atoms with Crippen LogP contribution in [0.2, 0.25) is 0 Å². The van der Waals surface area contributed by atoms with Crippen molar-refractivity contribution < 1.29 is 19.1 Å². The fourth-order valence-corrected chi connectivity index (χ4v) is 2.74. The quantitative estimate of drug-likeness (QED) is 0.261. The molecule has 0 radical (unpaired) electrons. The van der Waals surface area contributed by atoms with Crippen LogP contribution in [0, 0.1) is 0 Å². The van der Waals surface area contributed by atoms with Crippen LogP contribution in [-0.4, -0.2) is 31.3 Å². The Morgan fingerprint density at radius 2 is 1.27 bits per heavy atom. The van der Waals surface area contributed by atoms with Gasteiger partial charge in [-0.3, -0.25) is 0 Å². The molecule has 0 heterocycles. The maximum absolute atomic E-state index is 12.3. The lowest BCUT2D eigenvalue weighted by molar-refractivity contribution is -0.146. The molecule has 0 aliphatic carbocycles. The van der Waals surface area contributed by atoms with Crippen LogP contribution in [0.3, 0.4) is 0 Å². The normalized spacial score (nSPS) is 11.8. The number of ether oxygens (including phenoxy) is 2. The Kier molecular flexibility index (Phi) is 17.6. The van der Waals surface area contributed by atoms with Crippen molar-refractivity contribution >= 4 is 12.1 Å². The highest BCUT2D eigenvalue weighted by atomic mass is 16.6. The number of nitrogens with one attached hydrogen (secondary N) is 1. The molecule has 5 nitrogen and oxygen atoms in total. The largest absolute Gasteiger partial charge is 0.464 e. The van der Waals surface area contributed by atoms with Gasteiger partial charge in [0.25, 0.3) is 0 Å². The lowest BCUT2D eigenvalue weighted by Gasteiger charge is -2.17. The van der Waals surface area contributed by atoms with Crippen LogP contribution >= 0.6 is 0 Å². The first kappa shape index (κ1) is 24.7. The SMILES string of the molecule is CCCCCCCCCOC(=O)C(CCCCCC)NC(=O)OCCC. The maximum atomic E-state index is 12.3. The van der Waals surface area contributed by atoms with Crippen LogP contribution in [0.25, 0.3) is 0 Å². The zero-order chi connectivity index (χ0) is 19.5. The highest BCUT2D eigenvalue weighted by molar-refractivity contribution is 5.81. The zero-order valence-corrected chi connectivity index (χ0v) is 17.3. The van der Waals surface area contributed by atoms with Gasteiger partial charge in [0.1, 0.15) is 6.04 Å². The number of alkyl carbamates (subject to hydrolysis) is 1. The van der Waals surface area contributed by atoms with E-state index >= 15 is 0 Å². The minimum atomic E-state index is -0.597. The van der Waals surface area contributed by atoms with Gasteiger partial charge in [-0.25, -0.2) is 9.59 Å². The van der Waals surface area contributed by atoms with E-state index in [4.69, 9.17) is 9.47 Å². The van der Waals surface area contributed by atoms with E-state index in [1.807, 2.05) is 6.92 Å². The number of unbranched alkanes of at least 4 members (excludes halogenated alkanes) is 9. The molecule has 1 amide bonds.